The summed E-state index contributed by atoms with van der Waals surface area (Å²) in [4.78, 5) is 3.27. The van der Waals surface area contributed by atoms with Crippen LogP contribution in [0, 0.1) is 5.82 Å². The van der Waals surface area contributed by atoms with E-state index in [9.17, 15) is 12.8 Å². The Hall–Kier alpha value is -1.96. The van der Waals surface area contributed by atoms with Crippen molar-refractivity contribution in [1.82, 2.24) is 14.8 Å². The molecule has 0 spiro atoms. The third-order valence-corrected chi connectivity index (χ3v) is 3.42. The monoisotopic (exact) mass is 256 g/mol. The lowest BCUT2D eigenvalue weighted by atomic mass is 10.4. The van der Waals surface area contributed by atoms with Crippen LogP contribution < -0.4 is 4.72 Å². The molecule has 1 aromatic carbocycles. The second-order valence-electron chi connectivity index (χ2n) is 3.24. The highest BCUT2D eigenvalue weighted by Gasteiger charge is 2.20. The first-order chi connectivity index (χ1) is 8.00. The zero-order valence-electron chi connectivity index (χ0n) is 8.83. The summed E-state index contributed by atoms with van der Waals surface area (Å²) in [6.45, 7) is 0. The number of anilines is 1. The van der Waals surface area contributed by atoms with E-state index in [-0.39, 0.29) is 5.95 Å². The molecule has 0 unspecified atom stereocenters. The van der Waals surface area contributed by atoms with E-state index in [0.717, 1.165) is 6.07 Å². The molecule has 0 aliphatic heterocycles. The zero-order valence-corrected chi connectivity index (χ0v) is 9.65. The van der Waals surface area contributed by atoms with Gasteiger partial charge < -0.3 is 0 Å². The molecule has 0 atom stereocenters. The van der Waals surface area contributed by atoms with E-state index >= 15 is 0 Å². The summed E-state index contributed by atoms with van der Waals surface area (Å²) in [6, 6.07) is 5.10. The average Bonchev–Trinajstić information content (AvgIpc) is 2.64. The second-order valence-corrected chi connectivity index (χ2v) is 4.89. The topological polar surface area (TPSA) is 76.9 Å². The molecule has 0 saturated heterocycles. The van der Waals surface area contributed by atoms with Gasteiger partial charge in [-0.25, -0.2) is 22.2 Å². The number of rotatable bonds is 3. The molecule has 0 amide bonds. The smallest absolute Gasteiger partial charge is 0.247 e. The van der Waals surface area contributed by atoms with Gasteiger partial charge in [0.05, 0.1) is 0 Å². The molecule has 8 heteroatoms. The molecule has 17 heavy (non-hydrogen) atoms. The number of nitrogens with one attached hydrogen (secondary N) is 1. The average molecular weight is 256 g/mol. The van der Waals surface area contributed by atoms with Crippen LogP contribution in [0.1, 0.15) is 0 Å². The molecule has 0 saturated carbocycles. The highest BCUT2D eigenvalue weighted by Crippen LogP contribution is 2.16. The van der Waals surface area contributed by atoms with Crippen molar-refractivity contribution in [3.63, 3.8) is 0 Å². The predicted molar refractivity (Wildman–Crippen MR) is 58.2 cm³/mol. The quantitative estimate of drug-likeness (QED) is 0.879. The van der Waals surface area contributed by atoms with Gasteiger partial charge in [-0.15, -0.1) is 0 Å². The van der Waals surface area contributed by atoms with Crippen LogP contribution in [-0.4, -0.2) is 23.2 Å². The number of aryl methyl sites for hydroxylation is 1. The summed E-state index contributed by atoms with van der Waals surface area (Å²) < 4.78 is 40.4. The fourth-order valence-electron chi connectivity index (χ4n) is 1.23. The molecule has 0 fully saturated rings. The molecule has 0 radical (unpaired) electrons. The fourth-order valence-corrected chi connectivity index (χ4v) is 2.34. The third kappa shape index (κ3) is 2.26. The van der Waals surface area contributed by atoms with Gasteiger partial charge in [0.2, 0.25) is 5.95 Å². The van der Waals surface area contributed by atoms with Gasteiger partial charge in [0.15, 0.2) is 0 Å². The van der Waals surface area contributed by atoms with Crippen LogP contribution in [-0.2, 0) is 17.1 Å². The van der Waals surface area contributed by atoms with E-state index in [1.807, 2.05) is 0 Å². The largest absolute Gasteiger partial charge is 0.267 e. The van der Waals surface area contributed by atoms with Crippen LogP contribution in [0.15, 0.2) is 35.5 Å². The van der Waals surface area contributed by atoms with Gasteiger partial charge in [-0.2, -0.15) is 10.1 Å². The molecule has 0 aliphatic rings. The molecule has 1 N–H and O–H groups in total. The molecular formula is C9H9FN4O2S. The maximum atomic E-state index is 13.4. The van der Waals surface area contributed by atoms with E-state index in [2.05, 4.69) is 14.8 Å². The van der Waals surface area contributed by atoms with Crippen molar-refractivity contribution < 1.29 is 12.8 Å². The molecular weight excluding hydrogens is 247 g/mol. The highest BCUT2D eigenvalue weighted by molar-refractivity contribution is 7.92. The summed E-state index contributed by atoms with van der Waals surface area (Å²) in [7, 11) is -2.46. The summed E-state index contributed by atoms with van der Waals surface area (Å²) >= 11 is 0. The van der Waals surface area contributed by atoms with Crippen molar-refractivity contribution in [2.45, 2.75) is 4.90 Å². The van der Waals surface area contributed by atoms with Crippen molar-refractivity contribution >= 4 is 16.0 Å². The number of halogens is 1. The summed E-state index contributed by atoms with van der Waals surface area (Å²) in [5.74, 6) is -0.796. The Morgan fingerprint density at radius 3 is 2.65 bits per heavy atom. The number of nitrogens with zero attached hydrogens (tertiary/aromatic N) is 3. The maximum absolute atomic E-state index is 13.4. The minimum atomic E-state index is -3.98. The Kier molecular flexibility index (Phi) is 2.80. The van der Waals surface area contributed by atoms with E-state index in [4.69, 9.17) is 0 Å². The van der Waals surface area contributed by atoms with Crippen molar-refractivity contribution in [2.24, 2.45) is 7.05 Å². The van der Waals surface area contributed by atoms with Crippen molar-refractivity contribution in [2.75, 3.05) is 4.72 Å². The van der Waals surface area contributed by atoms with E-state index in [1.165, 1.54) is 36.3 Å². The van der Waals surface area contributed by atoms with Crippen molar-refractivity contribution in [1.29, 1.82) is 0 Å². The zero-order chi connectivity index (χ0) is 12.5. The van der Waals surface area contributed by atoms with Gasteiger partial charge in [-0.05, 0) is 12.1 Å². The van der Waals surface area contributed by atoms with Crippen molar-refractivity contribution in [3.05, 3.63) is 36.4 Å². The van der Waals surface area contributed by atoms with Crippen LogP contribution in [0.4, 0.5) is 10.3 Å². The molecule has 90 valence electrons. The van der Waals surface area contributed by atoms with Crippen LogP contribution in [0.3, 0.4) is 0 Å². The van der Waals surface area contributed by atoms with Gasteiger partial charge >= 0.3 is 0 Å². The lowest BCUT2D eigenvalue weighted by molar-refractivity contribution is 0.569. The van der Waals surface area contributed by atoms with Crippen LogP contribution in [0.2, 0.25) is 0 Å². The summed E-state index contributed by atoms with van der Waals surface area (Å²) in [6.07, 6.45) is 1.19. The molecule has 2 rings (SSSR count). The Morgan fingerprint density at radius 1 is 1.35 bits per heavy atom. The fraction of sp³-hybridized carbons (Fsp3) is 0.111. The molecule has 1 heterocycles. The first-order valence-corrected chi connectivity index (χ1v) is 6.10. The molecule has 0 bridgehead atoms. The van der Waals surface area contributed by atoms with Gasteiger partial charge in [0.1, 0.15) is 17.0 Å². The van der Waals surface area contributed by atoms with Gasteiger partial charge in [-0.1, -0.05) is 12.1 Å². The van der Waals surface area contributed by atoms with Crippen LogP contribution in [0.25, 0.3) is 0 Å². The summed E-state index contributed by atoms with van der Waals surface area (Å²) in [5.41, 5.74) is 0. The van der Waals surface area contributed by atoms with E-state index in [1.54, 1.807) is 0 Å². The minimum absolute atomic E-state index is 0.0215. The Labute approximate surface area is 97.2 Å². The first-order valence-electron chi connectivity index (χ1n) is 4.62. The third-order valence-electron chi connectivity index (χ3n) is 2.06. The van der Waals surface area contributed by atoms with Crippen LogP contribution >= 0.6 is 0 Å². The van der Waals surface area contributed by atoms with Crippen molar-refractivity contribution in [3.8, 4) is 0 Å². The lowest BCUT2D eigenvalue weighted by Gasteiger charge is -2.07. The number of aromatic nitrogens is 3. The predicted octanol–water partition coefficient (Wildman–Crippen LogP) is 0.755. The number of hydrogen-bond donors (Lipinski definition) is 1. The van der Waals surface area contributed by atoms with Gasteiger partial charge in [0.25, 0.3) is 10.0 Å². The number of sulfonamides is 1. The Bertz CT molecular complexity index is 638. The van der Waals surface area contributed by atoms with Crippen LogP contribution in [0.5, 0.6) is 0 Å². The first kappa shape index (κ1) is 11.5. The highest BCUT2D eigenvalue weighted by atomic mass is 32.2. The second kappa shape index (κ2) is 4.13. The maximum Gasteiger partial charge on any atom is 0.267 e. The molecule has 6 nitrogen and oxygen atoms in total. The molecule has 1 aromatic heterocycles. The number of benzene rings is 1. The summed E-state index contributed by atoms with van der Waals surface area (Å²) in [5, 5.41) is 3.70. The van der Waals surface area contributed by atoms with E-state index in [0.29, 0.717) is 0 Å². The SMILES string of the molecule is Cn1ncnc1NS(=O)(=O)c1ccccc1F. The standard InChI is InChI=1S/C9H9FN4O2S/c1-14-9(11-6-12-14)13-17(15,16)8-5-3-2-4-7(8)10/h2-6H,1H3,(H,11,12,13). The van der Waals surface area contributed by atoms with Gasteiger partial charge in [-0.3, -0.25) is 0 Å². The normalized spacial score (nSPS) is 11.4. The Balaban J connectivity index is 2.39. The molecule has 0 aliphatic carbocycles. The molecule has 2 aromatic rings. The minimum Gasteiger partial charge on any atom is -0.247 e. The lowest BCUT2D eigenvalue weighted by Crippen LogP contribution is -2.17. The Morgan fingerprint density at radius 2 is 2.06 bits per heavy atom. The van der Waals surface area contributed by atoms with Gasteiger partial charge in [0, 0.05) is 7.05 Å². The number of hydrogen-bond acceptors (Lipinski definition) is 4. The van der Waals surface area contributed by atoms with E-state index < -0.39 is 20.7 Å².